The maximum Gasteiger partial charge on any atom is 0.261 e. The largest absolute Gasteiger partial charge is 0.484 e. The van der Waals surface area contributed by atoms with Gasteiger partial charge in [-0.15, -0.1) is 0 Å². The highest BCUT2D eigenvalue weighted by molar-refractivity contribution is 6.36. The van der Waals surface area contributed by atoms with Gasteiger partial charge >= 0.3 is 0 Å². The molecule has 1 N–H and O–H groups in total. The molecule has 1 atom stereocenters. The lowest BCUT2D eigenvalue weighted by atomic mass is 10.1. The maximum atomic E-state index is 12.8. The molecule has 2 aromatic rings. The smallest absolute Gasteiger partial charge is 0.261 e. The van der Waals surface area contributed by atoms with E-state index >= 15 is 0 Å². The molecule has 0 aliphatic carbocycles. The molecule has 0 spiro atoms. The predicted octanol–water partition coefficient (Wildman–Crippen LogP) is 3.93. The van der Waals surface area contributed by atoms with Crippen LogP contribution in [-0.4, -0.2) is 35.9 Å². The van der Waals surface area contributed by atoms with Crippen LogP contribution in [0, 0.1) is 0 Å². The highest BCUT2D eigenvalue weighted by Gasteiger charge is 2.27. The van der Waals surface area contributed by atoms with Gasteiger partial charge in [-0.3, -0.25) is 9.59 Å². The van der Waals surface area contributed by atoms with Crippen LogP contribution in [0.2, 0.25) is 10.0 Å². The van der Waals surface area contributed by atoms with E-state index < -0.39 is 6.04 Å². The van der Waals surface area contributed by atoms with Crippen LogP contribution in [0.1, 0.15) is 19.4 Å². The molecule has 27 heavy (non-hydrogen) atoms. The van der Waals surface area contributed by atoms with Gasteiger partial charge in [-0.05, 0) is 38.1 Å². The number of carbonyl (C=O) groups excluding carboxylic acids is 2. The number of hydrogen-bond acceptors (Lipinski definition) is 3. The standard InChI is InChI=1S/C20H22Cl2N2O3/c1-3-23-20(26)14(2)24(12-16-17(21)10-7-11-18(16)22)19(25)13-27-15-8-5-4-6-9-15/h4-11,14H,3,12-13H2,1-2H3,(H,23,26)/t14-/m0/s1. The van der Waals surface area contributed by atoms with Crippen molar-refractivity contribution >= 4 is 35.0 Å². The summed E-state index contributed by atoms with van der Waals surface area (Å²) in [6, 6.07) is 13.4. The third kappa shape index (κ3) is 5.88. The van der Waals surface area contributed by atoms with E-state index in [-0.39, 0.29) is 25.0 Å². The molecule has 2 aromatic carbocycles. The van der Waals surface area contributed by atoms with E-state index in [4.69, 9.17) is 27.9 Å². The molecule has 0 heterocycles. The Labute approximate surface area is 169 Å². The van der Waals surface area contributed by atoms with Crippen LogP contribution in [-0.2, 0) is 16.1 Å². The first kappa shape index (κ1) is 21.1. The number of benzene rings is 2. The van der Waals surface area contributed by atoms with Crippen LogP contribution in [0.25, 0.3) is 0 Å². The van der Waals surface area contributed by atoms with Gasteiger partial charge in [-0.25, -0.2) is 0 Å². The molecule has 0 aromatic heterocycles. The Kier molecular flexibility index (Phi) is 7.95. The van der Waals surface area contributed by atoms with Crippen LogP contribution in [0.4, 0.5) is 0 Å². The minimum atomic E-state index is -0.704. The molecule has 0 aliphatic rings. The highest BCUT2D eigenvalue weighted by Crippen LogP contribution is 2.26. The van der Waals surface area contributed by atoms with Crippen molar-refractivity contribution in [2.75, 3.05) is 13.2 Å². The van der Waals surface area contributed by atoms with Crippen molar-refractivity contribution in [2.24, 2.45) is 0 Å². The molecule has 2 amide bonds. The first-order valence-electron chi connectivity index (χ1n) is 8.62. The summed E-state index contributed by atoms with van der Waals surface area (Å²) in [5.74, 6) is -0.0189. The van der Waals surface area contributed by atoms with Crippen LogP contribution in [0.5, 0.6) is 5.75 Å². The molecule has 0 aliphatic heterocycles. The number of ether oxygens (including phenoxy) is 1. The van der Waals surface area contributed by atoms with E-state index in [9.17, 15) is 9.59 Å². The van der Waals surface area contributed by atoms with Gasteiger partial charge < -0.3 is 15.0 Å². The van der Waals surface area contributed by atoms with Crippen molar-refractivity contribution in [3.63, 3.8) is 0 Å². The van der Waals surface area contributed by atoms with E-state index in [1.807, 2.05) is 25.1 Å². The highest BCUT2D eigenvalue weighted by atomic mass is 35.5. The number of amides is 2. The van der Waals surface area contributed by atoms with Gasteiger partial charge in [0.1, 0.15) is 11.8 Å². The summed E-state index contributed by atoms with van der Waals surface area (Å²) in [6.45, 7) is 3.86. The first-order valence-corrected chi connectivity index (χ1v) is 9.37. The number of nitrogens with zero attached hydrogens (tertiary/aromatic N) is 1. The first-order chi connectivity index (χ1) is 12.9. The van der Waals surface area contributed by atoms with E-state index in [2.05, 4.69) is 5.32 Å². The van der Waals surface area contributed by atoms with Gasteiger partial charge in [0, 0.05) is 28.7 Å². The average molecular weight is 409 g/mol. The fourth-order valence-electron chi connectivity index (χ4n) is 2.50. The zero-order valence-electron chi connectivity index (χ0n) is 15.2. The van der Waals surface area contributed by atoms with E-state index in [1.54, 1.807) is 37.3 Å². The molecular weight excluding hydrogens is 387 g/mol. The van der Waals surface area contributed by atoms with Gasteiger partial charge in [0.2, 0.25) is 5.91 Å². The number of halogens is 2. The van der Waals surface area contributed by atoms with Crippen molar-refractivity contribution in [3.05, 3.63) is 64.1 Å². The minimum Gasteiger partial charge on any atom is -0.484 e. The summed E-state index contributed by atoms with van der Waals surface area (Å²) in [7, 11) is 0. The fraction of sp³-hybridized carbons (Fsp3) is 0.300. The number of hydrogen-bond donors (Lipinski definition) is 1. The molecule has 0 radical (unpaired) electrons. The second kappa shape index (κ2) is 10.2. The molecule has 0 bridgehead atoms. The Morgan fingerprint density at radius 3 is 2.30 bits per heavy atom. The Morgan fingerprint density at radius 2 is 1.70 bits per heavy atom. The van der Waals surface area contributed by atoms with Gasteiger partial charge in [0.05, 0.1) is 0 Å². The zero-order chi connectivity index (χ0) is 19.8. The molecule has 0 fully saturated rings. The molecule has 144 valence electrons. The number of rotatable bonds is 8. The van der Waals surface area contributed by atoms with Gasteiger partial charge in [0.15, 0.2) is 6.61 Å². The van der Waals surface area contributed by atoms with Crippen molar-refractivity contribution in [3.8, 4) is 5.75 Å². The minimum absolute atomic E-state index is 0.105. The Hall–Kier alpha value is -2.24. The topological polar surface area (TPSA) is 58.6 Å². The van der Waals surface area contributed by atoms with Crippen LogP contribution < -0.4 is 10.1 Å². The molecule has 2 rings (SSSR count). The SMILES string of the molecule is CCNC(=O)[C@H](C)N(Cc1c(Cl)cccc1Cl)C(=O)COc1ccccc1. The van der Waals surface area contributed by atoms with Crippen molar-refractivity contribution in [1.82, 2.24) is 10.2 Å². The average Bonchev–Trinajstić information content (AvgIpc) is 2.66. The Balaban J connectivity index is 2.20. The van der Waals surface area contributed by atoms with Crippen LogP contribution in [0.15, 0.2) is 48.5 Å². The summed E-state index contributed by atoms with van der Waals surface area (Å²) in [6.07, 6.45) is 0. The monoisotopic (exact) mass is 408 g/mol. The third-order valence-electron chi connectivity index (χ3n) is 4.01. The van der Waals surface area contributed by atoms with Crippen molar-refractivity contribution in [2.45, 2.75) is 26.4 Å². The maximum absolute atomic E-state index is 12.8. The molecule has 7 heteroatoms. The third-order valence-corrected chi connectivity index (χ3v) is 4.72. The second-order valence-electron chi connectivity index (χ2n) is 5.89. The summed E-state index contributed by atoms with van der Waals surface area (Å²) in [5.41, 5.74) is 0.588. The quantitative estimate of drug-likeness (QED) is 0.719. The number of nitrogens with one attached hydrogen (secondary N) is 1. The van der Waals surface area contributed by atoms with Gasteiger partial charge in [0.25, 0.3) is 5.91 Å². The summed E-state index contributed by atoms with van der Waals surface area (Å²) in [4.78, 5) is 26.6. The Morgan fingerprint density at radius 1 is 1.07 bits per heavy atom. The Bertz CT molecular complexity index is 764. The number of para-hydroxylation sites is 1. The molecule has 5 nitrogen and oxygen atoms in total. The van der Waals surface area contributed by atoms with E-state index in [0.717, 1.165) is 0 Å². The van der Waals surface area contributed by atoms with E-state index in [0.29, 0.717) is 27.9 Å². The van der Waals surface area contributed by atoms with Crippen LogP contribution >= 0.6 is 23.2 Å². The van der Waals surface area contributed by atoms with E-state index in [1.165, 1.54) is 4.90 Å². The molecule has 0 saturated carbocycles. The molecular formula is C20H22Cl2N2O3. The summed E-state index contributed by atoms with van der Waals surface area (Å²) < 4.78 is 5.55. The van der Waals surface area contributed by atoms with Gasteiger partial charge in [-0.1, -0.05) is 47.5 Å². The van der Waals surface area contributed by atoms with Crippen molar-refractivity contribution < 1.29 is 14.3 Å². The summed E-state index contributed by atoms with van der Waals surface area (Å²) >= 11 is 12.5. The lowest BCUT2D eigenvalue weighted by Crippen LogP contribution is -2.49. The van der Waals surface area contributed by atoms with Crippen LogP contribution in [0.3, 0.4) is 0 Å². The van der Waals surface area contributed by atoms with Crippen molar-refractivity contribution in [1.29, 1.82) is 0 Å². The lowest BCUT2D eigenvalue weighted by molar-refractivity contribution is -0.142. The normalized spacial score (nSPS) is 11.6. The van der Waals surface area contributed by atoms with Gasteiger partial charge in [-0.2, -0.15) is 0 Å². The lowest BCUT2D eigenvalue weighted by Gasteiger charge is -2.29. The number of carbonyl (C=O) groups is 2. The zero-order valence-corrected chi connectivity index (χ0v) is 16.8. The fourth-order valence-corrected chi connectivity index (χ4v) is 3.02. The molecule has 0 unspecified atom stereocenters. The number of likely N-dealkylation sites (N-methyl/N-ethyl adjacent to an activating group) is 1. The molecule has 0 saturated heterocycles. The predicted molar refractivity (Wildman–Crippen MR) is 107 cm³/mol. The second-order valence-corrected chi connectivity index (χ2v) is 6.71. The summed E-state index contributed by atoms with van der Waals surface area (Å²) in [5, 5.41) is 3.60.